The van der Waals surface area contributed by atoms with Gasteiger partial charge in [-0.05, 0) is 15.5 Å². The lowest BCUT2D eigenvalue weighted by molar-refractivity contribution is -0.389. The summed E-state index contributed by atoms with van der Waals surface area (Å²) in [6.45, 7) is 0.234. The number of hydrogen-bond acceptors (Lipinski definition) is 5. The Bertz CT molecular complexity index is 609. The smallest absolute Gasteiger partial charge is 0.381 e. The molecule has 0 amide bonds. The monoisotopic (exact) mass is 275 g/mol. The second-order valence-electron chi connectivity index (χ2n) is 4.17. The summed E-state index contributed by atoms with van der Waals surface area (Å²) in [5.74, 6) is -1.18. The van der Waals surface area contributed by atoms with Crippen LogP contribution in [0, 0.1) is 10.1 Å². The standard InChI is InChI=1S/C13H13N3O4/c1-20-13(17)11(10-5-3-2-4-6-10)7-15-8-12(14-9-15)16(18)19/h2-6,8-9,11H,7H2,1H3. The number of hydrogen-bond donors (Lipinski definition) is 0. The Hall–Kier alpha value is -2.70. The molecule has 7 heteroatoms. The van der Waals surface area contributed by atoms with Crippen molar-refractivity contribution in [1.82, 2.24) is 9.55 Å². The molecule has 0 radical (unpaired) electrons. The van der Waals surface area contributed by atoms with Crippen molar-refractivity contribution in [1.29, 1.82) is 0 Å². The minimum absolute atomic E-state index is 0.234. The van der Waals surface area contributed by atoms with Gasteiger partial charge in [0.1, 0.15) is 6.20 Å². The molecule has 0 aliphatic rings. The van der Waals surface area contributed by atoms with Gasteiger partial charge in [0.2, 0.25) is 6.33 Å². The van der Waals surface area contributed by atoms with Crippen molar-refractivity contribution in [3.8, 4) is 0 Å². The van der Waals surface area contributed by atoms with Crippen LogP contribution in [-0.4, -0.2) is 27.6 Å². The molecule has 20 heavy (non-hydrogen) atoms. The highest BCUT2D eigenvalue weighted by atomic mass is 16.6. The van der Waals surface area contributed by atoms with Gasteiger partial charge < -0.3 is 19.4 Å². The molecule has 0 saturated carbocycles. The number of methoxy groups -OCH3 is 1. The van der Waals surface area contributed by atoms with Gasteiger partial charge in [-0.3, -0.25) is 4.79 Å². The minimum atomic E-state index is -0.577. The van der Waals surface area contributed by atoms with E-state index in [1.807, 2.05) is 30.3 Å². The zero-order valence-electron chi connectivity index (χ0n) is 10.8. The molecule has 1 aromatic heterocycles. The summed E-state index contributed by atoms with van der Waals surface area (Å²) in [4.78, 5) is 25.5. The molecule has 2 aromatic rings. The fraction of sp³-hybridized carbons (Fsp3) is 0.231. The van der Waals surface area contributed by atoms with E-state index >= 15 is 0 Å². The van der Waals surface area contributed by atoms with Gasteiger partial charge in [-0.2, -0.15) is 0 Å². The maximum Gasteiger partial charge on any atom is 0.381 e. The largest absolute Gasteiger partial charge is 0.468 e. The first-order valence-electron chi connectivity index (χ1n) is 5.90. The zero-order valence-corrected chi connectivity index (χ0v) is 10.8. The number of aromatic nitrogens is 2. The van der Waals surface area contributed by atoms with Gasteiger partial charge in [-0.1, -0.05) is 30.3 Å². The highest BCUT2D eigenvalue weighted by Crippen LogP contribution is 2.20. The number of nitrogens with zero attached hydrogens (tertiary/aromatic N) is 3. The molecule has 104 valence electrons. The first-order valence-corrected chi connectivity index (χ1v) is 5.90. The van der Waals surface area contributed by atoms with Gasteiger partial charge in [0.25, 0.3) is 0 Å². The van der Waals surface area contributed by atoms with Gasteiger partial charge in [0.15, 0.2) is 0 Å². The molecule has 0 aliphatic heterocycles. The number of ether oxygens (including phenoxy) is 1. The molecule has 0 fully saturated rings. The van der Waals surface area contributed by atoms with Crippen molar-refractivity contribution in [2.24, 2.45) is 0 Å². The van der Waals surface area contributed by atoms with E-state index < -0.39 is 16.8 Å². The van der Waals surface area contributed by atoms with E-state index in [4.69, 9.17) is 4.74 Å². The van der Waals surface area contributed by atoms with Gasteiger partial charge in [-0.15, -0.1) is 0 Å². The lowest BCUT2D eigenvalue weighted by atomic mass is 9.99. The van der Waals surface area contributed by atoms with Crippen LogP contribution in [0.1, 0.15) is 11.5 Å². The third-order valence-corrected chi connectivity index (χ3v) is 2.89. The number of nitro groups is 1. The van der Waals surface area contributed by atoms with E-state index in [0.29, 0.717) is 0 Å². The Labute approximate surface area is 115 Å². The van der Waals surface area contributed by atoms with Crippen molar-refractivity contribution in [2.75, 3.05) is 7.11 Å². The Kier molecular flexibility index (Phi) is 4.09. The molecule has 1 atom stereocenters. The fourth-order valence-electron chi connectivity index (χ4n) is 1.90. The molecule has 0 saturated heterocycles. The molecule has 1 aromatic carbocycles. The Balaban J connectivity index is 2.24. The number of carbonyl (C=O) groups is 1. The molecule has 2 rings (SSSR count). The Morgan fingerprint density at radius 1 is 1.45 bits per heavy atom. The molecular weight excluding hydrogens is 262 g/mol. The van der Waals surface area contributed by atoms with Crippen molar-refractivity contribution < 1.29 is 14.5 Å². The number of imidazole rings is 1. The SMILES string of the molecule is COC(=O)C(Cn1cnc([N+](=O)[O-])c1)c1ccccc1. The Morgan fingerprint density at radius 3 is 2.70 bits per heavy atom. The maximum atomic E-state index is 11.9. The van der Waals surface area contributed by atoms with Gasteiger partial charge in [0.05, 0.1) is 13.0 Å². The number of benzene rings is 1. The zero-order chi connectivity index (χ0) is 14.5. The van der Waals surface area contributed by atoms with Crippen LogP contribution in [0.25, 0.3) is 0 Å². The van der Waals surface area contributed by atoms with Crippen molar-refractivity contribution in [2.45, 2.75) is 12.5 Å². The highest BCUT2D eigenvalue weighted by Gasteiger charge is 2.23. The first kappa shape index (κ1) is 13.7. The van der Waals surface area contributed by atoms with Crippen molar-refractivity contribution in [3.63, 3.8) is 0 Å². The average Bonchev–Trinajstić information content (AvgIpc) is 2.94. The normalized spacial score (nSPS) is 11.8. The van der Waals surface area contributed by atoms with Crippen molar-refractivity contribution in [3.05, 3.63) is 58.5 Å². The van der Waals surface area contributed by atoms with Crippen LogP contribution in [0.4, 0.5) is 5.82 Å². The molecule has 0 bridgehead atoms. The molecule has 1 heterocycles. The lowest BCUT2D eigenvalue weighted by Crippen LogP contribution is -2.19. The van der Waals surface area contributed by atoms with Crippen LogP contribution >= 0.6 is 0 Å². The summed E-state index contributed by atoms with van der Waals surface area (Å²) in [5, 5.41) is 10.6. The summed E-state index contributed by atoms with van der Waals surface area (Å²) in [5.41, 5.74) is 0.788. The van der Waals surface area contributed by atoms with Crippen LogP contribution < -0.4 is 0 Å². The molecule has 1 unspecified atom stereocenters. The topological polar surface area (TPSA) is 87.3 Å². The predicted molar refractivity (Wildman–Crippen MR) is 70.1 cm³/mol. The maximum absolute atomic E-state index is 11.9. The molecule has 0 N–H and O–H groups in total. The third-order valence-electron chi connectivity index (χ3n) is 2.89. The van der Waals surface area contributed by atoms with Crippen LogP contribution in [0.2, 0.25) is 0 Å². The van der Waals surface area contributed by atoms with Crippen LogP contribution in [-0.2, 0) is 16.1 Å². The van der Waals surface area contributed by atoms with Gasteiger partial charge >= 0.3 is 11.8 Å². The molecule has 0 spiro atoms. The van der Waals surface area contributed by atoms with Gasteiger partial charge in [-0.25, -0.2) is 0 Å². The van der Waals surface area contributed by atoms with Crippen LogP contribution in [0.5, 0.6) is 0 Å². The predicted octanol–water partition coefficient (Wildman–Crippen LogP) is 1.75. The van der Waals surface area contributed by atoms with E-state index in [1.165, 1.54) is 24.2 Å². The summed E-state index contributed by atoms with van der Waals surface area (Å²) >= 11 is 0. The van der Waals surface area contributed by atoms with Crippen LogP contribution in [0.3, 0.4) is 0 Å². The van der Waals surface area contributed by atoms with Crippen LogP contribution in [0.15, 0.2) is 42.9 Å². The van der Waals surface area contributed by atoms with E-state index in [9.17, 15) is 14.9 Å². The van der Waals surface area contributed by atoms with Crippen molar-refractivity contribution >= 4 is 11.8 Å². The first-order chi connectivity index (χ1) is 9.61. The fourth-order valence-corrected chi connectivity index (χ4v) is 1.90. The van der Waals surface area contributed by atoms with E-state index in [0.717, 1.165) is 5.56 Å². The molecule has 7 nitrogen and oxygen atoms in total. The second-order valence-corrected chi connectivity index (χ2v) is 4.17. The minimum Gasteiger partial charge on any atom is -0.468 e. The van der Waals surface area contributed by atoms with Gasteiger partial charge in [0, 0.05) is 6.54 Å². The summed E-state index contributed by atoms with van der Waals surface area (Å²) in [7, 11) is 1.31. The number of carbonyl (C=O) groups excluding carboxylic acids is 1. The molecular formula is C13H13N3O4. The average molecular weight is 275 g/mol. The quantitative estimate of drug-likeness (QED) is 0.471. The number of esters is 1. The molecule has 0 aliphatic carbocycles. The highest BCUT2D eigenvalue weighted by molar-refractivity contribution is 5.77. The summed E-state index contributed by atoms with van der Waals surface area (Å²) in [6, 6.07) is 9.11. The summed E-state index contributed by atoms with van der Waals surface area (Å²) < 4.78 is 6.29. The Morgan fingerprint density at radius 2 is 2.15 bits per heavy atom. The second kappa shape index (κ2) is 5.96. The lowest BCUT2D eigenvalue weighted by Gasteiger charge is -2.14. The van der Waals surface area contributed by atoms with E-state index in [2.05, 4.69) is 4.98 Å². The van der Waals surface area contributed by atoms with E-state index in [-0.39, 0.29) is 12.4 Å². The summed E-state index contributed by atoms with van der Waals surface area (Å²) in [6.07, 6.45) is 2.62. The number of rotatable bonds is 5. The van der Waals surface area contributed by atoms with E-state index in [1.54, 1.807) is 0 Å². The third kappa shape index (κ3) is 3.00.